The highest BCUT2D eigenvalue weighted by molar-refractivity contribution is 4.79. The highest BCUT2D eigenvalue weighted by atomic mass is 16.5. The summed E-state index contributed by atoms with van der Waals surface area (Å²) in [6.07, 6.45) is 8.49. The van der Waals surface area contributed by atoms with Crippen molar-refractivity contribution in [3.63, 3.8) is 0 Å². The van der Waals surface area contributed by atoms with Crippen LogP contribution in [0, 0.1) is 0 Å². The molecule has 0 saturated carbocycles. The van der Waals surface area contributed by atoms with Crippen molar-refractivity contribution < 1.29 is 9.84 Å². The summed E-state index contributed by atoms with van der Waals surface area (Å²) in [6.45, 7) is 6.38. The smallest absolute Gasteiger partial charge is 0.0897 e. The van der Waals surface area contributed by atoms with Gasteiger partial charge < -0.3 is 20.1 Å². The van der Waals surface area contributed by atoms with Gasteiger partial charge in [0.2, 0.25) is 0 Å². The first kappa shape index (κ1) is 17.9. The number of likely N-dealkylation sites (tertiary alicyclic amines) is 1. The Labute approximate surface area is 124 Å². The van der Waals surface area contributed by atoms with Gasteiger partial charge in [0.1, 0.15) is 0 Å². The van der Waals surface area contributed by atoms with Crippen LogP contribution < -0.4 is 5.32 Å². The van der Waals surface area contributed by atoms with Crippen molar-refractivity contribution >= 4 is 0 Å². The van der Waals surface area contributed by atoms with Gasteiger partial charge in [0.15, 0.2) is 0 Å². The monoisotopic (exact) mass is 286 g/mol. The molecule has 0 spiro atoms. The number of hydrogen-bond acceptors (Lipinski definition) is 4. The normalized spacial score (nSPS) is 21.4. The van der Waals surface area contributed by atoms with Gasteiger partial charge in [-0.15, -0.1) is 0 Å². The number of hydrogen-bond donors (Lipinski definition) is 2. The molecule has 1 saturated heterocycles. The molecule has 2 unspecified atom stereocenters. The fourth-order valence-electron chi connectivity index (χ4n) is 2.67. The lowest BCUT2D eigenvalue weighted by atomic mass is 10.1. The Kier molecular flexibility index (Phi) is 10.3. The van der Waals surface area contributed by atoms with Crippen LogP contribution in [0.4, 0.5) is 0 Å². The summed E-state index contributed by atoms with van der Waals surface area (Å²) >= 11 is 0. The zero-order valence-corrected chi connectivity index (χ0v) is 13.4. The van der Waals surface area contributed by atoms with Crippen LogP contribution in [-0.2, 0) is 4.74 Å². The number of likely N-dealkylation sites (N-methyl/N-ethyl adjacent to an activating group) is 1. The molecule has 0 radical (unpaired) electrons. The molecule has 1 heterocycles. The zero-order valence-electron chi connectivity index (χ0n) is 13.4. The lowest BCUT2D eigenvalue weighted by molar-refractivity contribution is 0.0342. The molecule has 4 heteroatoms. The molecule has 2 atom stereocenters. The first-order valence-electron chi connectivity index (χ1n) is 8.40. The Hall–Kier alpha value is -0.160. The second-order valence-electron chi connectivity index (χ2n) is 6.15. The van der Waals surface area contributed by atoms with Crippen LogP contribution in [0.1, 0.15) is 51.9 Å². The molecule has 0 aliphatic carbocycles. The van der Waals surface area contributed by atoms with Crippen LogP contribution in [0.2, 0.25) is 0 Å². The van der Waals surface area contributed by atoms with Crippen LogP contribution in [0.15, 0.2) is 0 Å². The summed E-state index contributed by atoms with van der Waals surface area (Å²) in [5, 5.41) is 13.3. The predicted molar refractivity (Wildman–Crippen MR) is 84.1 cm³/mol. The highest BCUT2D eigenvalue weighted by Gasteiger charge is 2.19. The average Bonchev–Trinajstić information content (AvgIpc) is 2.85. The van der Waals surface area contributed by atoms with Gasteiger partial charge >= 0.3 is 0 Å². The summed E-state index contributed by atoms with van der Waals surface area (Å²) in [5.74, 6) is 0. The van der Waals surface area contributed by atoms with E-state index in [1.165, 1.54) is 38.5 Å². The standard InChI is InChI=1S/C16H34N2O2/c1-3-4-5-6-7-8-11-20-14-16(19)12-17-15-9-10-18(2)13-15/h15-17,19H,3-14H2,1-2H3. The summed E-state index contributed by atoms with van der Waals surface area (Å²) in [4.78, 5) is 2.32. The molecule has 0 amide bonds. The van der Waals surface area contributed by atoms with E-state index < -0.39 is 0 Å². The Bertz CT molecular complexity index is 227. The number of aliphatic hydroxyl groups is 1. The third kappa shape index (κ3) is 8.90. The third-order valence-electron chi connectivity index (χ3n) is 3.99. The lowest BCUT2D eigenvalue weighted by Gasteiger charge is -2.16. The highest BCUT2D eigenvalue weighted by Crippen LogP contribution is 2.06. The Morgan fingerprint density at radius 1 is 1.25 bits per heavy atom. The minimum atomic E-state index is -0.374. The molecule has 120 valence electrons. The van der Waals surface area contributed by atoms with E-state index in [0.717, 1.165) is 26.1 Å². The maximum atomic E-state index is 9.85. The summed E-state index contributed by atoms with van der Waals surface area (Å²) in [7, 11) is 2.14. The van der Waals surface area contributed by atoms with Crippen molar-refractivity contribution in [2.45, 2.75) is 64.0 Å². The van der Waals surface area contributed by atoms with Crippen LogP contribution in [0.5, 0.6) is 0 Å². The number of aliphatic hydroxyl groups excluding tert-OH is 1. The number of ether oxygens (including phenoxy) is 1. The first-order chi connectivity index (χ1) is 9.72. The van der Waals surface area contributed by atoms with Gasteiger partial charge in [0.05, 0.1) is 12.7 Å². The van der Waals surface area contributed by atoms with E-state index in [0.29, 0.717) is 19.2 Å². The van der Waals surface area contributed by atoms with Crippen LogP contribution in [-0.4, -0.2) is 62.0 Å². The summed E-state index contributed by atoms with van der Waals surface area (Å²) in [6, 6.07) is 0.535. The number of nitrogens with zero attached hydrogens (tertiary/aromatic N) is 1. The van der Waals surface area contributed by atoms with E-state index in [2.05, 4.69) is 24.2 Å². The largest absolute Gasteiger partial charge is 0.389 e. The molecule has 2 N–H and O–H groups in total. The number of unbranched alkanes of at least 4 members (excludes halogenated alkanes) is 5. The second-order valence-corrected chi connectivity index (χ2v) is 6.15. The van der Waals surface area contributed by atoms with E-state index in [1.807, 2.05) is 0 Å². The zero-order chi connectivity index (χ0) is 14.6. The minimum Gasteiger partial charge on any atom is -0.389 e. The van der Waals surface area contributed by atoms with E-state index in [-0.39, 0.29) is 6.10 Å². The summed E-state index contributed by atoms with van der Waals surface area (Å²) < 4.78 is 5.54. The van der Waals surface area contributed by atoms with Crippen molar-refractivity contribution in [2.75, 3.05) is 39.9 Å². The maximum absolute atomic E-state index is 9.85. The average molecular weight is 286 g/mol. The Morgan fingerprint density at radius 2 is 2.00 bits per heavy atom. The topological polar surface area (TPSA) is 44.7 Å². The van der Waals surface area contributed by atoms with Crippen LogP contribution in [0.25, 0.3) is 0 Å². The van der Waals surface area contributed by atoms with Gasteiger partial charge in [-0.3, -0.25) is 0 Å². The Balaban J connectivity index is 1.84. The molecule has 1 fully saturated rings. The Morgan fingerprint density at radius 3 is 2.70 bits per heavy atom. The number of rotatable bonds is 12. The maximum Gasteiger partial charge on any atom is 0.0897 e. The van der Waals surface area contributed by atoms with Crippen molar-refractivity contribution in [3.05, 3.63) is 0 Å². The molecule has 20 heavy (non-hydrogen) atoms. The SMILES string of the molecule is CCCCCCCCOCC(O)CNC1CCN(C)C1. The van der Waals surface area contributed by atoms with Crippen molar-refractivity contribution in [2.24, 2.45) is 0 Å². The molecular weight excluding hydrogens is 252 g/mol. The van der Waals surface area contributed by atoms with Gasteiger partial charge in [0, 0.05) is 25.7 Å². The minimum absolute atomic E-state index is 0.374. The third-order valence-corrected chi connectivity index (χ3v) is 3.99. The van der Waals surface area contributed by atoms with Gasteiger partial charge in [-0.25, -0.2) is 0 Å². The van der Waals surface area contributed by atoms with Crippen molar-refractivity contribution in [1.29, 1.82) is 0 Å². The molecule has 0 aromatic heterocycles. The van der Waals surface area contributed by atoms with Crippen LogP contribution in [0.3, 0.4) is 0 Å². The van der Waals surface area contributed by atoms with E-state index in [4.69, 9.17) is 4.74 Å². The molecule has 1 aliphatic heterocycles. The molecule has 1 aliphatic rings. The van der Waals surface area contributed by atoms with Gasteiger partial charge in [-0.1, -0.05) is 39.0 Å². The quantitative estimate of drug-likeness (QED) is 0.539. The molecular formula is C16H34N2O2. The summed E-state index contributed by atoms with van der Waals surface area (Å²) in [5.41, 5.74) is 0. The van der Waals surface area contributed by atoms with Crippen molar-refractivity contribution in [3.8, 4) is 0 Å². The predicted octanol–water partition coefficient (Wildman–Crippen LogP) is 2.02. The molecule has 1 rings (SSSR count). The second kappa shape index (κ2) is 11.5. The van der Waals surface area contributed by atoms with Crippen molar-refractivity contribution in [1.82, 2.24) is 10.2 Å². The van der Waals surface area contributed by atoms with E-state index in [9.17, 15) is 5.11 Å². The van der Waals surface area contributed by atoms with Gasteiger partial charge in [0.25, 0.3) is 0 Å². The van der Waals surface area contributed by atoms with Crippen LogP contribution >= 0.6 is 0 Å². The molecule has 0 bridgehead atoms. The number of nitrogens with one attached hydrogen (secondary N) is 1. The lowest BCUT2D eigenvalue weighted by Crippen LogP contribution is -2.38. The first-order valence-corrected chi connectivity index (χ1v) is 8.40. The van der Waals surface area contributed by atoms with E-state index in [1.54, 1.807) is 0 Å². The molecule has 0 aromatic carbocycles. The van der Waals surface area contributed by atoms with Gasteiger partial charge in [-0.2, -0.15) is 0 Å². The molecule has 0 aromatic rings. The van der Waals surface area contributed by atoms with E-state index >= 15 is 0 Å². The molecule has 4 nitrogen and oxygen atoms in total. The fraction of sp³-hybridized carbons (Fsp3) is 1.00. The van der Waals surface area contributed by atoms with Gasteiger partial charge in [-0.05, 0) is 26.4 Å². The fourth-order valence-corrected chi connectivity index (χ4v) is 2.67.